The van der Waals surface area contributed by atoms with E-state index >= 15 is 0 Å². The van der Waals surface area contributed by atoms with Crippen LogP contribution in [0.5, 0.6) is 0 Å². The zero-order valence-corrected chi connectivity index (χ0v) is 15.5. The summed E-state index contributed by atoms with van der Waals surface area (Å²) in [6.07, 6.45) is 5.31. The lowest BCUT2D eigenvalue weighted by Gasteiger charge is -2.15. The molecule has 1 aromatic heterocycles. The number of thioether (sulfide) groups is 1. The van der Waals surface area contributed by atoms with E-state index in [1.807, 2.05) is 17.8 Å². The van der Waals surface area contributed by atoms with Crippen LogP contribution in [0.3, 0.4) is 0 Å². The number of aryl methyl sites for hydroxylation is 1. The number of rotatable bonds is 6. The minimum atomic E-state index is -3.42. The minimum Gasteiger partial charge on any atom is -0.329 e. The molecule has 1 fully saturated rings. The lowest BCUT2D eigenvalue weighted by Crippen LogP contribution is -2.27. The molecule has 1 aromatic carbocycles. The molecular formula is C16H20N4O3S2. The topological polar surface area (TPSA) is 84.3 Å². The monoisotopic (exact) mass is 380 g/mol. The summed E-state index contributed by atoms with van der Waals surface area (Å²) in [7, 11) is -1.56. The Balaban J connectivity index is 1.58. The van der Waals surface area contributed by atoms with Crippen molar-refractivity contribution in [1.29, 1.82) is 0 Å². The molecule has 0 unspecified atom stereocenters. The van der Waals surface area contributed by atoms with Crippen molar-refractivity contribution in [3.63, 3.8) is 0 Å². The molecule has 0 aliphatic carbocycles. The number of sulfonamides is 1. The normalized spacial score (nSPS) is 15.4. The highest BCUT2D eigenvalue weighted by molar-refractivity contribution is 7.99. The molecule has 9 heteroatoms. The maximum absolute atomic E-state index is 12.5. The summed E-state index contributed by atoms with van der Waals surface area (Å²) in [4.78, 5) is 16.4. The van der Waals surface area contributed by atoms with Crippen molar-refractivity contribution in [2.75, 3.05) is 24.2 Å². The maximum Gasteiger partial charge on any atom is 0.243 e. The Morgan fingerprint density at radius 2 is 1.92 bits per heavy atom. The van der Waals surface area contributed by atoms with E-state index in [1.165, 1.54) is 28.2 Å². The maximum atomic E-state index is 12.5. The molecule has 0 bridgehead atoms. The van der Waals surface area contributed by atoms with Crippen molar-refractivity contribution in [3.05, 3.63) is 36.7 Å². The van der Waals surface area contributed by atoms with Crippen LogP contribution < -0.4 is 5.32 Å². The van der Waals surface area contributed by atoms with Crippen LogP contribution in [0, 0.1) is 0 Å². The summed E-state index contributed by atoms with van der Waals surface area (Å²) in [5.41, 5.74) is 0.575. The fourth-order valence-corrected chi connectivity index (χ4v) is 4.86. The molecule has 7 nitrogen and oxygen atoms in total. The summed E-state index contributed by atoms with van der Waals surface area (Å²) in [5.74, 6) is 0.0711. The second-order valence-corrected chi connectivity index (χ2v) is 8.67. The van der Waals surface area contributed by atoms with Crippen LogP contribution in [-0.4, -0.2) is 47.0 Å². The van der Waals surface area contributed by atoms with Gasteiger partial charge in [0.25, 0.3) is 0 Å². The van der Waals surface area contributed by atoms with Gasteiger partial charge in [-0.2, -0.15) is 4.31 Å². The number of carbonyl (C=O) groups excluding carboxylic acids is 1. The van der Waals surface area contributed by atoms with E-state index in [1.54, 1.807) is 18.3 Å². The van der Waals surface area contributed by atoms with Crippen molar-refractivity contribution in [1.82, 2.24) is 13.9 Å². The molecule has 2 heterocycles. The lowest BCUT2D eigenvalue weighted by atomic mass is 10.3. The Bertz CT molecular complexity index is 841. The standard InChI is InChI=1S/C16H20N4O3S2/c1-19-11-8-17-16(19)24-12-15(21)18-13-4-6-14(7-5-13)25(22,23)20-9-2-3-10-20/h4-8,11H,2-3,9-10,12H2,1H3,(H,18,21). The van der Waals surface area contributed by atoms with E-state index in [2.05, 4.69) is 10.3 Å². The number of nitrogens with one attached hydrogen (secondary N) is 1. The summed E-state index contributed by atoms with van der Waals surface area (Å²) in [6, 6.07) is 6.31. The first kappa shape index (κ1) is 18.0. The van der Waals surface area contributed by atoms with E-state index in [0.717, 1.165) is 18.0 Å². The number of hydrogen-bond donors (Lipinski definition) is 1. The highest BCUT2D eigenvalue weighted by Crippen LogP contribution is 2.22. The minimum absolute atomic E-state index is 0.164. The molecule has 25 heavy (non-hydrogen) atoms. The van der Waals surface area contributed by atoms with E-state index in [-0.39, 0.29) is 16.6 Å². The van der Waals surface area contributed by atoms with E-state index < -0.39 is 10.0 Å². The van der Waals surface area contributed by atoms with Gasteiger partial charge in [-0.05, 0) is 37.1 Å². The van der Waals surface area contributed by atoms with E-state index in [0.29, 0.717) is 18.8 Å². The molecule has 1 amide bonds. The number of aromatic nitrogens is 2. The average Bonchev–Trinajstić information content (AvgIpc) is 3.25. The van der Waals surface area contributed by atoms with Crippen molar-refractivity contribution in [2.24, 2.45) is 7.05 Å². The van der Waals surface area contributed by atoms with Crippen LogP contribution in [0.4, 0.5) is 5.69 Å². The van der Waals surface area contributed by atoms with Crippen molar-refractivity contribution >= 4 is 33.4 Å². The van der Waals surface area contributed by atoms with Gasteiger partial charge in [0, 0.05) is 38.2 Å². The molecule has 0 atom stereocenters. The van der Waals surface area contributed by atoms with Crippen molar-refractivity contribution < 1.29 is 13.2 Å². The molecule has 1 N–H and O–H groups in total. The van der Waals surface area contributed by atoms with Gasteiger partial charge in [0.15, 0.2) is 5.16 Å². The zero-order valence-electron chi connectivity index (χ0n) is 13.9. The molecule has 1 aliphatic heterocycles. The van der Waals surface area contributed by atoms with Gasteiger partial charge < -0.3 is 9.88 Å². The first-order chi connectivity index (χ1) is 12.0. The Kier molecular flexibility index (Phi) is 5.45. The molecule has 2 aromatic rings. The van der Waals surface area contributed by atoms with Crippen molar-refractivity contribution in [3.8, 4) is 0 Å². The third-order valence-corrected chi connectivity index (χ3v) is 6.92. The molecule has 1 aliphatic rings. The highest BCUT2D eigenvalue weighted by atomic mass is 32.2. The van der Waals surface area contributed by atoms with Gasteiger partial charge in [-0.3, -0.25) is 4.79 Å². The summed E-state index contributed by atoms with van der Waals surface area (Å²) < 4.78 is 28.3. The van der Waals surface area contributed by atoms with Crippen LogP contribution in [0.1, 0.15) is 12.8 Å². The molecule has 0 radical (unpaired) electrons. The highest BCUT2D eigenvalue weighted by Gasteiger charge is 2.26. The Morgan fingerprint density at radius 1 is 1.24 bits per heavy atom. The number of carbonyl (C=O) groups is 1. The molecule has 0 spiro atoms. The van der Waals surface area contributed by atoms with Crippen LogP contribution in [0.15, 0.2) is 46.7 Å². The largest absolute Gasteiger partial charge is 0.329 e. The molecule has 0 saturated carbocycles. The van der Waals surface area contributed by atoms with Gasteiger partial charge in [0.1, 0.15) is 0 Å². The van der Waals surface area contributed by atoms with E-state index in [4.69, 9.17) is 0 Å². The number of benzene rings is 1. The molecule has 3 rings (SSSR count). The summed E-state index contributed by atoms with van der Waals surface area (Å²) in [6.45, 7) is 1.15. The Labute approximate surface area is 151 Å². The number of imidazole rings is 1. The van der Waals surface area contributed by atoms with Gasteiger partial charge in [-0.25, -0.2) is 13.4 Å². The third-order valence-electron chi connectivity index (χ3n) is 3.95. The van der Waals surface area contributed by atoms with Crippen LogP contribution in [0.25, 0.3) is 0 Å². The number of hydrogen-bond acceptors (Lipinski definition) is 5. The van der Waals surface area contributed by atoms with Crippen molar-refractivity contribution in [2.45, 2.75) is 22.9 Å². The fourth-order valence-electron chi connectivity index (χ4n) is 2.61. The zero-order chi connectivity index (χ0) is 17.9. The van der Waals surface area contributed by atoms with Crippen LogP contribution >= 0.6 is 11.8 Å². The lowest BCUT2D eigenvalue weighted by molar-refractivity contribution is -0.113. The predicted octanol–water partition coefficient (Wildman–Crippen LogP) is 1.94. The van der Waals surface area contributed by atoms with Gasteiger partial charge in [0.05, 0.1) is 10.6 Å². The van der Waals surface area contributed by atoms with E-state index in [9.17, 15) is 13.2 Å². The summed E-state index contributed by atoms with van der Waals surface area (Å²) >= 11 is 1.34. The number of nitrogens with zero attached hydrogens (tertiary/aromatic N) is 3. The predicted molar refractivity (Wildman–Crippen MR) is 97.0 cm³/mol. The third kappa shape index (κ3) is 4.23. The van der Waals surface area contributed by atoms with Gasteiger partial charge in [-0.15, -0.1) is 0 Å². The van der Waals surface area contributed by atoms with Gasteiger partial charge in [-0.1, -0.05) is 11.8 Å². The van der Waals surface area contributed by atoms with Crippen LogP contribution in [0.2, 0.25) is 0 Å². The number of amides is 1. The molecule has 1 saturated heterocycles. The Hall–Kier alpha value is -1.84. The first-order valence-corrected chi connectivity index (χ1v) is 10.4. The molecule has 134 valence electrons. The van der Waals surface area contributed by atoms with Gasteiger partial charge >= 0.3 is 0 Å². The van der Waals surface area contributed by atoms with Crippen LogP contribution in [-0.2, 0) is 21.9 Å². The smallest absolute Gasteiger partial charge is 0.243 e. The Morgan fingerprint density at radius 3 is 2.52 bits per heavy atom. The quantitative estimate of drug-likeness (QED) is 0.774. The molecular weight excluding hydrogens is 360 g/mol. The SMILES string of the molecule is Cn1ccnc1SCC(=O)Nc1ccc(S(=O)(=O)N2CCCC2)cc1. The second kappa shape index (κ2) is 7.59. The number of anilines is 1. The first-order valence-electron chi connectivity index (χ1n) is 7.97. The fraction of sp³-hybridized carbons (Fsp3) is 0.375. The van der Waals surface area contributed by atoms with Gasteiger partial charge in [0.2, 0.25) is 15.9 Å². The second-order valence-electron chi connectivity index (χ2n) is 5.79. The summed E-state index contributed by atoms with van der Waals surface area (Å²) in [5, 5.41) is 3.53. The average molecular weight is 380 g/mol.